The first-order valence-corrected chi connectivity index (χ1v) is 6.97. The largest absolute Gasteiger partial charge is 0.368 e. The lowest BCUT2D eigenvalue weighted by Crippen LogP contribution is -2.36. The predicted molar refractivity (Wildman–Crippen MR) is 77.4 cm³/mol. The lowest BCUT2D eigenvalue weighted by atomic mass is 9.97. The van der Waals surface area contributed by atoms with Crippen LogP contribution in [0.1, 0.15) is 36.5 Å². The molecule has 1 aliphatic rings. The highest BCUT2D eigenvalue weighted by Gasteiger charge is 2.26. The maximum Gasteiger partial charge on any atom is 0.253 e. The van der Waals surface area contributed by atoms with E-state index in [9.17, 15) is 4.79 Å². The molecule has 0 radical (unpaired) electrons. The molecule has 2 atom stereocenters. The molecule has 104 valence electrons. The van der Waals surface area contributed by atoms with E-state index in [0.29, 0.717) is 12.5 Å². The molecule has 1 fully saturated rings. The van der Waals surface area contributed by atoms with E-state index in [1.165, 1.54) is 5.56 Å². The molecule has 3 nitrogen and oxygen atoms in total. The number of hydrogen-bond donors (Lipinski definition) is 1. The van der Waals surface area contributed by atoms with E-state index in [4.69, 9.17) is 4.74 Å². The molecule has 0 spiro atoms. The molecule has 3 heteroatoms. The van der Waals surface area contributed by atoms with Crippen molar-refractivity contribution in [3.63, 3.8) is 0 Å². The highest BCUT2D eigenvalue weighted by atomic mass is 16.5. The molecule has 1 aromatic rings. The molecule has 1 N–H and O–H groups in total. The number of carbonyl (C=O) groups excluding carboxylic acids is 1. The monoisotopic (exact) mass is 261 g/mol. The summed E-state index contributed by atoms with van der Waals surface area (Å²) >= 11 is 0. The van der Waals surface area contributed by atoms with Crippen molar-refractivity contribution < 1.29 is 9.53 Å². The highest BCUT2D eigenvalue weighted by Crippen LogP contribution is 2.24. The van der Waals surface area contributed by atoms with Crippen molar-refractivity contribution in [3.05, 3.63) is 28.8 Å². The van der Waals surface area contributed by atoms with E-state index in [1.807, 2.05) is 13.8 Å². The number of carbonyl (C=O) groups is 1. The third-order valence-electron chi connectivity index (χ3n) is 3.76. The molecule has 1 amide bonds. The van der Waals surface area contributed by atoms with Gasteiger partial charge in [-0.25, -0.2) is 0 Å². The van der Waals surface area contributed by atoms with Crippen molar-refractivity contribution in [2.24, 2.45) is 5.92 Å². The van der Waals surface area contributed by atoms with Gasteiger partial charge in [-0.3, -0.25) is 4.79 Å². The smallest absolute Gasteiger partial charge is 0.253 e. The van der Waals surface area contributed by atoms with Crippen LogP contribution in [0.15, 0.2) is 12.1 Å². The zero-order valence-electron chi connectivity index (χ0n) is 12.2. The number of benzene rings is 1. The number of hydrogen-bond acceptors (Lipinski definition) is 2. The first-order valence-electron chi connectivity index (χ1n) is 6.97. The summed E-state index contributed by atoms with van der Waals surface area (Å²) in [5.41, 5.74) is 4.36. The third-order valence-corrected chi connectivity index (χ3v) is 3.76. The lowest BCUT2D eigenvalue weighted by molar-refractivity contribution is -0.131. The van der Waals surface area contributed by atoms with E-state index < -0.39 is 0 Å². The molecule has 0 aliphatic carbocycles. The third kappa shape index (κ3) is 3.35. The Morgan fingerprint density at radius 3 is 2.47 bits per heavy atom. The Morgan fingerprint density at radius 1 is 1.26 bits per heavy atom. The Hall–Kier alpha value is -1.35. The summed E-state index contributed by atoms with van der Waals surface area (Å²) in [4.78, 5) is 12.3. The summed E-state index contributed by atoms with van der Waals surface area (Å²) in [6, 6.07) is 4.18. The second kappa shape index (κ2) is 5.74. The van der Waals surface area contributed by atoms with E-state index in [1.54, 1.807) is 0 Å². The summed E-state index contributed by atoms with van der Waals surface area (Å²) in [7, 11) is 0. The molecule has 19 heavy (non-hydrogen) atoms. The Balaban J connectivity index is 2.10. The van der Waals surface area contributed by atoms with Crippen LogP contribution in [-0.2, 0) is 9.53 Å². The predicted octanol–water partition coefficient (Wildman–Crippen LogP) is 3.37. The SMILES string of the molecule is Cc1cc(C)c(NC(=O)[C@@H]2C[C@@H](C)CCO2)c(C)c1. The molecule has 1 aliphatic heterocycles. The van der Waals surface area contributed by atoms with Gasteiger partial charge in [0.15, 0.2) is 0 Å². The minimum Gasteiger partial charge on any atom is -0.368 e. The standard InChI is InChI=1S/C16H23NO2/c1-10-5-6-19-14(9-10)16(18)17-15-12(3)7-11(2)8-13(15)4/h7-8,10,14H,5-6,9H2,1-4H3,(H,17,18)/t10-,14-/m0/s1. The van der Waals surface area contributed by atoms with Crippen LogP contribution in [0.4, 0.5) is 5.69 Å². The van der Waals surface area contributed by atoms with Crippen molar-refractivity contribution in [3.8, 4) is 0 Å². The minimum absolute atomic E-state index is 0.0124. The molecule has 1 aromatic carbocycles. The van der Waals surface area contributed by atoms with Gasteiger partial charge in [-0.1, -0.05) is 24.6 Å². The van der Waals surface area contributed by atoms with Gasteiger partial charge in [-0.05, 0) is 50.7 Å². The molecule has 1 heterocycles. The number of rotatable bonds is 2. The molecule has 0 bridgehead atoms. The summed E-state index contributed by atoms with van der Waals surface area (Å²) in [6.07, 6.45) is 1.56. The van der Waals surface area contributed by atoms with E-state index in [-0.39, 0.29) is 12.0 Å². The first kappa shape index (κ1) is 14.1. The maximum absolute atomic E-state index is 12.3. The van der Waals surface area contributed by atoms with Crippen LogP contribution < -0.4 is 5.32 Å². The normalized spacial score (nSPS) is 23.2. The number of ether oxygens (including phenoxy) is 1. The van der Waals surface area contributed by atoms with Gasteiger partial charge in [-0.2, -0.15) is 0 Å². The fourth-order valence-electron chi connectivity index (χ4n) is 2.73. The van der Waals surface area contributed by atoms with E-state index in [0.717, 1.165) is 29.7 Å². The molecule has 0 unspecified atom stereocenters. The van der Waals surface area contributed by atoms with Crippen molar-refractivity contribution in [2.45, 2.75) is 46.6 Å². The van der Waals surface area contributed by atoms with Gasteiger partial charge in [0.25, 0.3) is 5.91 Å². The van der Waals surface area contributed by atoms with Gasteiger partial charge in [-0.15, -0.1) is 0 Å². The Morgan fingerprint density at radius 2 is 1.89 bits per heavy atom. The molecule has 0 aromatic heterocycles. The first-order chi connectivity index (χ1) is 8.97. The van der Waals surface area contributed by atoms with E-state index >= 15 is 0 Å². The van der Waals surface area contributed by atoms with Crippen molar-refractivity contribution in [2.75, 3.05) is 11.9 Å². The van der Waals surface area contributed by atoms with Crippen LogP contribution in [0, 0.1) is 26.7 Å². The van der Waals surface area contributed by atoms with Gasteiger partial charge in [0.2, 0.25) is 0 Å². The van der Waals surface area contributed by atoms with Crippen molar-refractivity contribution in [1.82, 2.24) is 0 Å². The molecule has 0 saturated carbocycles. The van der Waals surface area contributed by atoms with Crippen molar-refractivity contribution >= 4 is 11.6 Å². The second-order valence-electron chi connectivity index (χ2n) is 5.75. The second-order valence-corrected chi connectivity index (χ2v) is 5.75. The molecule has 1 saturated heterocycles. The number of anilines is 1. The summed E-state index contributed by atoms with van der Waals surface area (Å²) in [6.45, 7) is 8.98. The van der Waals surface area contributed by atoms with Gasteiger partial charge in [0.05, 0.1) is 0 Å². The van der Waals surface area contributed by atoms with Crippen LogP contribution in [0.2, 0.25) is 0 Å². The van der Waals surface area contributed by atoms with Crippen LogP contribution in [-0.4, -0.2) is 18.6 Å². The number of aryl methyl sites for hydroxylation is 3. The average Bonchev–Trinajstić information content (AvgIpc) is 2.33. The topological polar surface area (TPSA) is 38.3 Å². The zero-order valence-corrected chi connectivity index (χ0v) is 12.2. The van der Waals surface area contributed by atoms with Gasteiger partial charge in [0.1, 0.15) is 6.10 Å². The molecule has 2 rings (SSSR count). The quantitative estimate of drug-likeness (QED) is 0.886. The Labute approximate surface area is 115 Å². The van der Waals surface area contributed by atoms with Crippen LogP contribution in [0.3, 0.4) is 0 Å². The van der Waals surface area contributed by atoms with Crippen LogP contribution in [0.25, 0.3) is 0 Å². The molecular weight excluding hydrogens is 238 g/mol. The van der Waals surface area contributed by atoms with Crippen LogP contribution in [0.5, 0.6) is 0 Å². The Kier molecular flexibility index (Phi) is 4.25. The van der Waals surface area contributed by atoms with E-state index in [2.05, 4.69) is 31.3 Å². The number of nitrogens with one attached hydrogen (secondary N) is 1. The van der Waals surface area contributed by atoms with Crippen LogP contribution >= 0.6 is 0 Å². The fraction of sp³-hybridized carbons (Fsp3) is 0.562. The minimum atomic E-state index is -0.302. The molecular formula is C16H23NO2. The lowest BCUT2D eigenvalue weighted by Gasteiger charge is -2.27. The fourth-order valence-corrected chi connectivity index (χ4v) is 2.73. The summed E-state index contributed by atoms with van der Waals surface area (Å²) in [5, 5.41) is 3.03. The number of amides is 1. The highest BCUT2D eigenvalue weighted by molar-refractivity contribution is 5.95. The zero-order chi connectivity index (χ0) is 14.0. The Bertz CT molecular complexity index is 459. The maximum atomic E-state index is 12.3. The summed E-state index contributed by atoms with van der Waals surface area (Å²) in [5.74, 6) is 0.548. The van der Waals surface area contributed by atoms with Gasteiger partial charge in [0, 0.05) is 12.3 Å². The van der Waals surface area contributed by atoms with Gasteiger partial charge >= 0.3 is 0 Å². The summed E-state index contributed by atoms with van der Waals surface area (Å²) < 4.78 is 5.57. The average molecular weight is 261 g/mol. The van der Waals surface area contributed by atoms with Gasteiger partial charge < -0.3 is 10.1 Å². The van der Waals surface area contributed by atoms with Crippen molar-refractivity contribution in [1.29, 1.82) is 0 Å².